The first kappa shape index (κ1) is 34.4. The molecule has 0 unspecified atom stereocenters. The van der Waals surface area contributed by atoms with Crippen LogP contribution in [0.4, 0.5) is 0 Å². The van der Waals surface area contributed by atoms with Crippen LogP contribution in [0.25, 0.3) is 110 Å². The van der Waals surface area contributed by atoms with Crippen molar-refractivity contribution in [3.05, 3.63) is 182 Å². The maximum Gasteiger partial charge on any atom is 0.164 e. The standard InChI is InChI=1S/C50H30N8S/c1-3-11-31(12-4-1)32-25-27-36(28-26-32)48-53-47(35-13-5-2-6-14-35)54-49(55-48)40-18-10-16-38(30-40)34-23-21-33(22-24-34)37-15-9-17-39(29-37)43-46-44(57-58-56-43)45-50(59-46)52-42-20-8-7-19-41(42)51-45/h1-30H. The van der Waals surface area contributed by atoms with Crippen molar-refractivity contribution in [2.24, 2.45) is 0 Å². The van der Waals surface area contributed by atoms with E-state index in [0.717, 1.165) is 87.4 Å². The lowest BCUT2D eigenvalue weighted by molar-refractivity contribution is 0.904. The van der Waals surface area contributed by atoms with E-state index in [1.807, 2.05) is 60.7 Å². The van der Waals surface area contributed by atoms with Crippen molar-refractivity contribution in [2.75, 3.05) is 0 Å². The number of hydrogen-bond donors (Lipinski definition) is 0. The molecule has 59 heavy (non-hydrogen) atoms. The number of rotatable bonds is 7. The molecule has 9 heteroatoms. The highest BCUT2D eigenvalue weighted by molar-refractivity contribution is 7.25. The Bertz CT molecular complexity index is 3320. The molecule has 0 amide bonds. The average Bonchev–Trinajstić information content (AvgIpc) is 3.69. The van der Waals surface area contributed by atoms with E-state index in [4.69, 9.17) is 24.9 Å². The second-order valence-corrected chi connectivity index (χ2v) is 15.1. The van der Waals surface area contributed by atoms with Gasteiger partial charge in [-0.1, -0.05) is 158 Å². The van der Waals surface area contributed by atoms with E-state index in [0.29, 0.717) is 23.0 Å². The van der Waals surface area contributed by atoms with Gasteiger partial charge in [-0.15, -0.1) is 21.5 Å². The van der Waals surface area contributed by atoms with Crippen LogP contribution in [0.5, 0.6) is 0 Å². The molecule has 7 aromatic carbocycles. The lowest BCUT2D eigenvalue weighted by Gasteiger charge is -2.11. The Morgan fingerprint density at radius 3 is 1.39 bits per heavy atom. The number of nitrogens with zero attached hydrogens (tertiary/aromatic N) is 8. The van der Waals surface area contributed by atoms with Crippen LogP contribution in [-0.2, 0) is 0 Å². The molecule has 11 rings (SSSR count). The predicted octanol–water partition coefficient (Wildman–Crippen LogP) is 12.0. The summed E-state index contributed by atoms with van der Waals surface area (Å²) in [6.45, 7) is 0. The van der Waals surface area contributed by atoms with Crippen molar-refractivity contribution in [1.82, 2.24) is 40.3 Å². The highest BCUT2D eigenvalue weighted by atomic mass is 32.1. The van der Waals surface area contributed by atoms with Crippen LogP contribution in [0, 0.1) is 0 Å². The third kappa shape index (κ3) is 6.55. The van der Waals surface area contributed by atoms with E-state index in [9.17, 15) is 0 Å². The lowest BCUT2D eigenvalue weighted by atomic mass is 9.97. The minimum Gasteiger partial charge on any atom is -0.241 e. The number of hydrogen-bond acceptors (Lipinski definition) is 9. The van der Waals surface area contributed by atoms with E-state index < -0.39 is 0 Å². The second kappa shape index (κ2) is 14.6. The molecule has 0 atom stereocenters. The van der Waals surface area contributed by atoms with Gasteiger partial charge in [0.25, 0.3) is 0 Å². The van der Waals surface area contributed by atoms with Crippen LogP contribution in [0.15, 0.2) is 182 Å². The third-order valence-corrected chi connectivity index (χ3v) is 11.5. The van der Waals surface area contributed by atoms with Crippen LogP contribution in [0.2, 0.25) is 0 Å². The molecule has 0 fully saturated rings. The van der Waals surface area contributed by atoms with E-state index in [1.54, 1.807) is 11.3 Å². The highest BCUT2D eigenvalue weighted by Gasteiger charge is 2.18. The molecule has 0 aliphatic heterocycles. The number of thiophene rings is 1. The summed E-state index contributed by atoms with van der Waals surface area (Å²) in [4.78, 5) is 25.5. The minimum atomic E-state index is 0.614. The SMILES string of the molecule is c1ccc(-c2ccc(-c3nc(-c4ccccc4)nc(-c4cccc(-c5ccc(-c6cccc(-c7nnnc8c7sc7nc9ccccc9nc78)c6)cc5)c4)n3)cc2)cc1. The van der Waals surface area contributed by atoms with Gasteiger partial charge in [-0.05, 0) is 62.9 Å². The van der Waals surface area contributed by atoms with Crippen molar-refractivity contribution in [3.63, 3.8) is 0 Å². The quantitative estimate of drug-likeness (QED) is 0.158. The van der Waals surface area contributed by atoms with E-state index >= 15 is 0 Å². The molecule has 276 valence electrons. The van der Waals surface area contributed by atoms with Gasteiger partial charge in [-0.2, -0.15) is 0 Å². The monoisotopic (exact) mass is 774 g/mol. The molecule has 0 aliphatic carbocycles. The van der Waals surface area contributed by atoms with Crippen LogP contribution in [-0.4, -0.2) is 40.3 Å². The fourth-order valence-electron chi connectivity index (χ4n) is 7.39. The van der Waals surface area contributed by atoms with Crippen molar-refractivity contribution in [3.8, 4) is 78.8 Å². The Morgan fingerprint density at radius 2 is 0.746 bits per heavy atom. The average molecular weight is 775 g/mol. The predicted molar refractivity (Wildman–Crippen MR) is 237 cm³/mol. The van der Waals surface area contributed by atoms with E-state index in [1.165, 1.54) is 0 Å². The van der Waals surface area contributed by atoms with Crippen molar-refractivity contribution >= 4 is 42.9 Å². The second-order valence-electron chi connectivity index (χ2n) is 14.1. The fourth-order valence-corrected chi connectivity index (χ4v) is 8.46. The summed E-state index contributed by atoms with van der Waals surface area (Å²) >= 11 is 1.55. The molecule has 0 radical (unpaired) electrons. The highest BCUT2D eigenvalue weighted by Crippen LogP contribution is 2.38. The molecule has 4 heterocycles. The maximum atomic E-state index is 5.03. The molecular formula is C50H30N8S. The number of aromatic nitrogens is 8. The van der Waals surface area contributed by atoms with Gasteiger partial charge in [-0.3, -0.25) is 0 Å². The molecule has 0 saturated heterocycles. The zero-order chi connectivity index (χ0) is 39.1. The molecule has 0 aliphatic rings. The topological polar surface area (TPSA) is 103 Å². The van der Waals surface area contributed by atoms with Crippen LogP contribution < -0.4 is 0 Å². The summed E-state index contributed by atoms with van der Waals surface area (Å²) in [6.07, 6.45) is 0. The van der Waals surface area contributed by atoms with Gasteiger partial charge in [0.1, 0.15) is 21.6 Å². The van der Waals surface area contributed by atoms with E-state index in [2.05, 4.69) is 137 Å². The maximum absolute atomic E-state index is 5.03. The van der Waals surface area contributed by atoms with Crippen molar-refractivity contribution in [2.45, 2.75) is 0 Å². The summed E-state index contributed by atoms with van der Waals surface area (Å²) in [5.74, 6) is 1.86. The van der Waals surface area contributed by atoms with Gasteiger partial charge >= 0.3 is 0 Å². The Kier molecular flexibility index (Phi) is 8.49. The van der Waals surface area contributed by atoms with Gasteiger partial charge in [0, 0.05) is 22.3 Å². The summed E-state index contributed by atoms with van der Waals surface area (Å²) in [5, 5.41) is 13.0. The van der Waals surface area contributed by atoms with Crippen molar-refractivity contribution < 1.29 is 0 Å². The minimum absolute atomic E-state index is 0.614. The van der Waals surface area contributed by atoms with Crippen LogP contribution >= 0.6 is 11.3 Å². The number of fused-ring (bicyclic) bond motifs is 4. The lowest BCUT2D eigenvalue weighted by Crippen LogP contribution is -2.00. The Labute approximate surface area is 342 Å². The van der Waals surface area contributed by atoms with Gasteiger partial charge in [0.2, 0.25) is 0 Å². The number of para-hydroxylation sites is 2. The Hall–Kier alpha value is -7.88. The third-order valence-electron chi connectivity index (χ3n) is 10.4. The normalized spacial score (nSPS) is 11.4. The van der Waals surface area contributed by atoms with Gasteiger partial charge in [0.15, 0.2) is 17.5 Å². The Balaban J connectivity index is 0.910. The summed E-state index contributed by atoms with van der Waals surface area (Å²) in [7, 11) is 0. The van der Waals surface area contributed by atoms with Crippen molar-refractivity contribution in [1.29, 1.82) is 0 Å². The zero-order valence-electron chi connectivity index (χ0n) is 31.3. The van der Waals surface area contributed by atoms with Gasteiger partial charge in [-0.25, -0.2) is 24.9 Å². The smallest absolute Gasteiger partial charge is 0.164 e. The first-order valence-electron chi connectivity index (χ1n) is 19.2. The Morgan fingerprint density at radius 1 is 0.305 bits per heavy atom. The summed E-state index contributed by atoms with van der Waals surface area (Å²) in [5.41, 5.74) is 14.2. The largest absolute Gasteiger partial charge is 0.241 e. The first-order chi connectivity index (χ1) is 29.2. The molecule has 0 bridgehead atoms. The molecule has 0 saturated carbocycles. The number of benzene rings is 7. The summed E-state index contributed by atoms with van der Waals surface area (Å²) < 4.78 is 0.917. The zero-order valence-corrected chi connectivity index (χ0v) is 32.1. The molecule has 11 aromatic rings. The molecule has 8 nitrogen and oxygen atoms in total. The van der Waals surface area contributed by atoms with Gasteiger partial charge < -0.3 is 0 Å². The van der Waals surface area contributed by atoms with Crippen LogP contribution in [0.3, 0.4) is 0 Å². The fraction of sp³-hybridized carbons (Fsp3) is 0. The molecule has 4 aromatic heterocycles. The van der Waals surface area contributed by atoms with Crippen LogP contribution in [0.1, 0.15) is 0 Å². The van der Waals surface area contributed by atoms with E-state index in [-0.39, 0.29) is 0 Å². The molecule has 0 spiro atoms. The molecular weight excluding hydrogens is 745 g/mol. The summed E-state index contributed by atoms with van der Waals surface area (Å²) in [6, 6.07) is 62.1. The first-order valence-corrected chi connectivity index (χ1v) is 20.0. The molecule has 0 N–H and O–H groups in total. The van der Waals surface area contributed by atoms with Gasteiger partial charge in [0.05, 0.1) is 15.7 Å².